The number of esters is 4. The van der Waals surface area contributed by atoms with E-state index in [4.69, 9.17) is 28.4 Å². The SMILES string of the molecule is CCOC(=O)CN(CCOCCOCCN(CC(=O)OCC)CC(=O)OCC)CC(=O)OCC. The standard InChI is InChI=1S/C22H40N2O10/c1-5-31-19(25)15-23(16-20(26)32-6-2)9-11-29-13-14-30-12-10-24(17-21(27)33-7-3)18-22(28)34-8-4/h5-18H2,1-4H3. The number of ether oxygens (including phenoxy) is 6. The summed E-state index contributed by atoms with van der Waals surface area (Å²) in [6, 6.07) is 0. The first-order valence-electron chi connectivity index (χ1n) is 11.6. The van der Waals surface area contributed by atoms with E-state index < -0.39 is 23.9 Å². The van der Waals surface area contributed by atoms with Gasteiger partial charge >= 0.3 is 23.9 Å². The molecule has 0 aromatic heterocycles. The number of carbonyl (C=O) groups excluding carboxylic acids is 4. The molecule has 0 heterocycles. The fraction of sp³-hybridized carbons (Fsp3) is 0.818. The minimum atomic E-state index is -0.426. The second-order valence-electron chi connectivity index (χ2n) is 6.87. The Bertz CT molecular complexity index is 498. The predicted octanol–water partition coefficient (Wildman–Crippen LogP) is -0.124. The normalized spacial score (nSPS) is 10.9. The van der Waals surface area contributed by atoms with E-state index in [0.717, 1.165) is 0 Å². The summed E-state index contributed by atoms with van der Waals surface area (Å²) in [6.07, 6.45) is 0. The van der Waals surface area contributed by atoms with Crippen molar-refractivity contribution in [3.8, 4) is 0 Å². The Morgan fingerprint density at radius 3 is 0.971 bits per heavy atom. The highest BCUT2D eigenvalue weighted by atomic mass is 16.5. The number of carbonyl (C=O) groups is 4. The molecule has 198 valence electrons. The molecular formula is C22H40N2O10. The molecule has 0 aliphatic carbocycles. The van der Waals surface area contributed by atoms with Gasteiger partial charge in [-0.1, -0.05) is 0 Å². The summed E-state index contributed by atoms with van der Waals surface area (Å²) in [5.74, 6) is -1.70. The van der Waals surface area contributed by atoms with Crippen LogP contribution in [0.25, 0.3) is 0 Å². The lowest BCUT2D eigenvalue weighted by Crippen LogP contribution is -2.38. The fourth-order valence-electron chi connectivity index (χ4n) is 2.69. The van der Waals surface area contributed by atoms with Crippen molar-refractivity contribution in [1.82, 2.24) is 9.80 Å². The van der Waals surface area contributed by atoms with Gasteiger partial charge in [0.1, 0.15) is 0 Å². The molecule has 0 radical (unpaired) electrons. The molecule has 0 unspecified atom stereocenters. The Morgan fingerprint density at radius 2 is 0.735 bits per heavy atom. The molecule has 34 heavy (non-hydrogen) atoms. The largest absolute Gasteiger partial charge is 0.465 e. The average molecular weight is 493 g/mol. The molecule has 0 amide bonds. The molecule has 0 aromatic rings. The van der Waals surface area contributed by atoms with E-state index in [-0.39, 0.29) is 65.8 Å². The van der Waals surface area contributed by atoms with Crippen LogP contribution in [0.2, 0.25) is 0 Å². The summed E-state index contributed by atoms with van der Waals surface area (Å²) >= 11 is 0. The summed E-state index contributed by atoms with van der Waals surface area (Å²) in [5, 5.41) is 0. The second kappa shape index (κ2) is 21.3. The quantitative estimate of drug-likeness (QED) is 0.120. The topological polar surface area (TPSA) is 130 Å². The van der Waals surface area contributed by atoms with Gasteiger partial charge in [0.25, 0.3) is 0 Å². The molecule has 0 rings (SSSR count). The highest BCUT2D eigenvalue weighted by molar-refractivity contribution is 5.75. The molecular weight excluding hydrogens is 452 g/mol. The van der Waals surface area contributed by atoms with Gasteiger partial charge in [0.2, 0.25) is 0 Å². The van der Waals surface area contributed by atoms with E-state index in [2.05, 4.69) is 0 Å². The van der Waals surface area contributed by atoms with Gasteiger partial charge in [-0.15, -0.1) is 0 Å². The first kappa shape index (κ1) is 31.7. The zero-order chi connectivity index (χ0) is 25.6. The van der Waals surface area contributed by atoms with E-state index >= 15 is 0 Å². The molecule has 0 aliphatic rings. The van der Waals surface area contributed by atoms with Crippen LogP contribution >= 0.6 is 0 Å². The lowest BCUT2D eigenvalue weighted by Gasteiger charge is -2.21. The molecule has 0 fully saturated rings. The van der Waals surface area contributed by atoms with Gasteiger partial charge in [-0.3, -0.25) is 29.0 Å². The van der Waals surface area contributed by atoms with Crippen LogP contribution in [0.3, 0.4) is 0 Å². The zero-order valence-corrected chi connectivity index (χ0v) is 20.9. The molecule has 12 nitrogen and oxygen atoms in total. The van der Waals surface area contributed by atoms with Crippen molar-refractivity contribution in [3.05, 3.63) is 0 Å². The second-order valence-corrected chi connectivity index (χ2v) is 6.87. The van der Waals surface area contributed by atoms with Crippen molar-refractivity contribution in [2.75, 3.05) is 92.1 Å². The molecule has 0 atom stereocenters. The van der Waals surface area contributed by atoms with Crippen molar-refractivity contribution in [1.29, 1.82) is 0 Å². The van der Waals surface area contributed by atoms with Crippen molar-refractivity contribution in [2.24, 2.45) is 0 Å². The van der Waals surface area contributed by atoms with Gasteiger partial charge in [0, 0.05) is 13.1 Å². The third-order valence-electron chi connectivity index (χ3n) is 4.11. The Morgan fingerprint density at radius 1 is 0.471 bits per heavy atom. The maximum Gasteiger partial charge on any atom is 0.320 e. The van der Waals surface area contributed by atoms with Crippen LogP contribution in [-0.4, -0.2) is 126 Å². The Balaban J connectivity index is 4.25. The summed E-state index contributed by atoms with van der Waals surface area (Å²) in [6.45, 7) is 9.56. The first-order valence-corrected chi connectivity index (χ1v) is 11.6. The lowest BCUT2D eigenvalue weighted by molar-refractivity contribution is -0.150. The molecule has 0 N–H and O–H groups in total. The number of nitrogens with zero attached hydrogens (tertiary/aromatic N) is 2. The molecule has 0 bridgehead atoms. The van der Waals surface area contributed by atoms with Gasteiger partial charge in [0.05, 0.1) is 79.0 Å². The van der Waals surface area contributed by atoms with Crippen LogP contribution in [0.1, 0.15) is 27.7 Å². The Kier molecular flexibility index (Phi) is 19.8. The first-order chi connectivity index (χ1) is 16.4. The Labute approximate surface area is 201 Å². The van der Waals surface area contributed by atoms with Gasteiger partial charge in [0.15, 0.2) is 0 Å². The molecule has 0 aliphatic heterocycles. The van der Waals surface area contributed by atoms with Gasteiger partial charge in [-0.2, -0.15) is 0 Å². The maximum atomic E-state index is 11.7. The average Bonchev–Trinajstić information content (AvgIpc) is 2.75. The van der Waals surface area contributed by atoms with Crippen LogP contribution in [0.4, 0.5) is 0 Å². The monoisotopic (exact) mass is 492 g/mol. The number of hydrogen-bond donors (Lipinski definition) is 0. The van der Waals surface area contributed by atoms with E-state index in [0.29, 0.717) is 26.3 Å². The van der Waals surface area contributed by atoms with Crippen molar-refractivity contribution in [3.63, 3.8) is 0 Å². The van der Waals surface area contributed by atoms with Crippen LogP contribution < -0.4 is 0 Å². The summed E-state index contributed by atoms with van der Waals surface area (Å²) in [4.78, 5) is 50.1. The van der Waals surface area contributed by atoms with E-state index in [1.807, 2.05) is 0 Å². The van der Waals surface area contributed by atoms with Crippen LogP contribution in [0.15, 0.2) is 0 Å². The minimum Gasteiger partial charge on any atom is -0.465 e. The number of hydrogen-bond acceptors (Lipinski definition) is 12. The summed E-state index contributed by atoms with van der Waals surface area (Å²) in [5.41, 5.74) is 0. The van der Waals surface area contributed by atoms with E-state index in [1.54, 1.807) is 37.5 Å². The van der Waals surface area contributed by atoms with Crippen LogP contribution in [0.5, 0.6) is 0 Å². The highest BCUT2D eigenvalue weighted by Gasteiger charge is 2.17. The maximum absolute atomic E-state index is 11.7. The molecule has 12 heteroatoms. The molecule has 0 saturated carbocycles. The Hall–Kier alpha value is -2.28. The van der Waals surface area contributed by atoms with Crippen LogP contribution in [0, 0.1) is 0 Å². The van der Waals surface area contributed by atoms with Crippen molar-refractivity contribution in [2.45, 2.75) is 27.7 Å². The van der Waals surface area contributed by atoms with E-state index in [1.165, 1.54) is 0 Å². The fourth-order valence-corrected chi connectivity index (χ4v) is 2.69. The minimum absolute atomic E-state index is 0.0384. The highest BCUT2D eigenvalue weighted by Crippen LogP contribution is 1.96. The summed E-state index contributed by atoms with van der Waals surface area (Å²) in [7, 11) is 0. The van der Waals surface area contributed by atoms with Crippen molar-refractivity contribution < 1.29 is 47.6 Å². The third-order valence-corrected chi connectivity index (χ3v) is 4.11. The van der Waals surface area contributed by atoms with Gasteiger partial charge in [-0.25, -0.2) is 0 Å². The predicted molar refractivity (Wildman–Crippen MR) is 121 cm³/mol. The lowest BCUT2D eigenvalue weighted by atomic mass is 10.4. The zero-order valence-electron chi connectivity index (χ0n) is 20.9. The van der Waals surface area contributed by atoms with Crippen LogP contribution in [-0.2, 0) is 47.6 Å². The third kappa shape index (κ3) is 18.2. The van der Waals surface area contributed by atoms with Gasteiger partial charge < -0.3 is 28.4 Å². The smallest absolute Gasteiger partial charge is 0.320 e. The van der Waals surface area contributed by atoms with Crippen molar-refractivity contribution >= 4 is 23.9 Å². The molecule has 0 aromatic carbocycles. The molecule has 0 saturated heterocycles. The summed E-state index contributed by atoms with van der Waals surface area (Å²) < 4.78 is 30.7. The number of rotatable bonds is 21. The van der Waals surface area contributed by atoms with E-state index in [9.17, 15) is 19.2 Å². The molecule has 0 spiro atoms. The van der Waals surface area contributed by atoms with Gasteiger partial charge in [-0.05, 0) is 27.7 Å².